The molecule has 1 aliphatic heterocycles. The van der Waals surface area contributed by atoms with E-state index in [9.17, 15) is 9.18 Å². The summed E-state index contributed by atoms with van der Waals surface area (Å²) in [7, 11) is 3.93. The number of rotatable bonds is 4. The minimum absolute atomic E-state index is 0.169. The molecule has 1 atom stereocenters. The van der Waals surface area contributed by atoms with Crippen LogP contribution in [0.15, 0.2) is 47.0 Å². The molecule has 0 radical (unpaired) electrons. The Kier molecular flexibility index (Phi) is 4.77. The molecule has 0 saturated carbocycles. The van der Waals surface area contributed by atoms with E-state index >= 15 is 0 Å². The average molecular weight is 401 g/mol. The van der Waals surface area contributed by atoms with E-state index in [-0.39, 0.29) is 30.5 Å². The number of nitrogens with zero attached hydrogens (tertiary/aromatic N) is 4. The molecular formula is C20H18ClFN4O2. The first-order valence-corrected chi connectivity index (χ1v) is 9.17. The van der Waals surface area contributed by atoms with Crippen molar-refractivity contribution in [3.05, 3.63) is 59.1 Å². The summed E-state index contributed by atoms with van der Waals surface area (Å²) >= 11 is 5.95. The van der Waals surface area contributed by atoms with Crippen molar-refractivity contribution in [2.24, 2.45) is 0 Å². The highest BCUT2D eigenvalue weighted by Gasteiger charge is 2.35. The van der Waals surface area contributed by atoms with E-state index in [1.54, 1.807) is 0 Å². The zero-order chi connectivity index (χ0) is 19.8. The van der Waals surface area contributed by atoms with Crippen LogP contribution in [0.4, 0.5) is 15.8 Å². The summed E-state index contributed by atoms with van der Waals surface area (Å²) in [5.74, 6) is -0.143. The highest BCUT2D eigenvalue weighted by Crippen LogP contribution is 2.34. The molecule has 1 fully saturated rings. The van der Waals surface area contributed by atoms with E-state index in [4.69, 9.17) is 16.1 Å². The van der Waals surface area contributed by atoms with Crippen molar-refractivity contribution in [2.45, 2.75) is 12.3 Å². The standard InChI is InChI=1S/C20H18ClFN4O2/c1-25(2)15-6-3-12(4-7-15)20-23-19(24-28-20)13-9-18(27)26(11-13)17-10-14(21)5-8-16(17)22/h3-8,10,13H,9,11H2,1-2H3. The number of halogens is 2. The molecule has 1 aliphatic rings. The van der Waals surface area contributed by atoms with Crippen molar-refractivity contribution < 1.29 is 13.7 Å². The Bertz CT molecular complexity index is 1020. The smallest absolute Gasteiger partial charge is 0.257 e. The number of benzene rings is 2. The molecule has 28 heavy (non-hydrogen) atoms. The molecule has 3 aromatic rings. The van der Waals surface area contributed by atoms with Crippen molar-refractivity contribution >= 4 is 28.9 Å². The van der Waals surface area contributed by atoms with Gasteiger partial charge in [0.15, 0.2) is 5.82 Å². The maximum absolute atomic E-state index is 14.1. The van der Waals surface area contributed by atoms with Crippen LogP contribution in [0, 0.1) is 5.82 Å². The van der Waals surface area contributed by atoms with Crippen LogP contribution >= 0.6 is 11.6 Å². The van der Waals surface area contributed by atoms with E-state index in [1.165, 1.54) is 23.1 Å². The van der Waals surface area contributed by atoms with Gasteiger partial charge in [0, 0.05) is 49.3 Å². The third kappa shape index (κ3) is 3.45. The van der Waals surface area contributed by atoms with Crippen LogP contribution in [-0.4, -0.2) is 36.7 Å². The summed E-state index contributed by atoms with van der Waals surface area (Å²) in [6.07, 6.45) is 0.185. The van der Waals surface area contributed by atoms with Crippen molar-refractivity contribution in [3.63, 3.8) is 0 Å². The molecule has 1 unspecified atom stereocenters. The molecule has 2 aromatic carbocycles. The fourth-order valence-corrected chi connectivity index (χ4v) is 3.39. The quantitative estimate of drug-likeness (QED) is 0.659. The largest absolute Gasteiger partial charge is 0.378 e. The van der Waals surface area contributed by atoms with Crippen LogP contribution in [-0.2, 0) is 4.79 Å². The van der Waals surface area contributed by atoms with Gasteiger partial charge in [0.1, 0.15) is 5.82 Å². The lowest BCUT2D eigenvalue weighted by Gasteiger charge is -2.17. The highest BCUT2D eigenvalue weighted by molar-refractivity contribution is 6.31. The second kappa shape index (κ2) is 7.24. The van der Waals surface area contributed by atoms with Crippen LogP contribution in [0.3, 0.4) is 0 Å². The maximum atomic E-state index is 14.1. The minimum atomic E-state index is -0.492. The molecule has 0 N–H and O–H groups in total. The van der Waals surface area contributed by atoms with E-state index in [2.05, 4.69) is 10.1 Å². The molecule has 2 heterocycles. The summed E-state index contributed by atoms with van der Waals surface area (Å²) in [6, 6.07) is 11.9. The Morgan fingerprint density at radius 3 is 2.68 bits per heavy atom. The predicted molar refractivity (Wildman–Crippen MR) is 105 cm³/mol. The second-order valence-corrected chi connectivity index (χ2v) is 7.34. The van der Waals surface area contributed by atoms with Crippen LogP contribution in [0.5, 0.6) is 0 Å². The molecule has 144 valence electrons. The number of amides is 1. The van der Waals surface area contributed by atoms with E-state index < -0.39 is 5.82 Å². The van der Waals surface area contributed by atoms with Gasteiger partial charge in [-0.25, -0.2) is 4.39 Å². The Labute approximate surface area is 166 Å². The van der Waals surface area contributed by atoms with Crippen LogP contribution in [0.1, 0.15) is 18.2 Å². The molecular weight excluding hydrogens is 383 g/mol. The lowest BCUT2D eigenvalue weighted by atomic mass is 10.1. The molecule has 6 nitrogen and oxygen atoms in total. The summed E-state index contributed by atoms with van der Waals surface area (Å²) < 4.78 is 19.5. The van der Waals surface area contributed by atoms with Crippen LogP contribution in [0.25, 0.3) is 11.5 Å². The first kappa shape index (κ1) is 18.4. The van der Waals surface area contributed by atoms with Gasteiger partial charge >= 0.3 is 0 Å². The lowest BCUT2D eigenvalue weighted by molar-refractivity contribution is -0.117. The van der Waals surface area contributed by atoms with Crippen LogP contribution < -0.4 is 9.80 Å². The van der Waals surface area contributed by atoms with E-state index in [1.807, 2.05) is 43.3 Å². The van der Waals surface area contributed by atoms with Gasteiger partial charge in [-0.3, -0.25) is 4.79 Å². The van der Waals surface area contributed by atoms with Gasteiger partial charge in [-0.15, -0.1) is 0 Å². The third-order valence-electron chi connectivity index (χ3n) is 4.76. The first-order chi connectivity index (χ1) is 13.4. The average Bonchev–Trinajstić information content (AvgIpc) is 3.31. The summed E-state index contributed by atoms with van der Waals surface area (Å²) in [5, 5.41) is 4.41. The van der Waals surface area contributed by atoms with Crippen molar-refractivity contribution in [3.8, 4) is 11.5 Å². The van der Waals surface area contributed by atoms with E-state index in [0.717, 1.165) is 11.3 Å². The predicted octanol–water partition coefficient (Wildman–Crippen LogP) is 4.12. The third-order valence-corrected chi connectivity index (χ3v) is 5.00. The first-order valence-electron chi connectivity index (χ1n) is 8.79. The van der Waals surface area contributed by atoms with E-state index in [0.29, 0.717) is 16.7 Å². The normalized spacial score (nSPS) is 16.6. The van der Waals surface area contributed by atoms with Gasteiger partial charge in [0.05, 0.1) is 5.69 Å². The zero-order valence-corrected chi connectivity index (χ0v) is 16.2. The number of hydrogen-bond acceptors (Lipinski definition) is 5. The summed E-state index contributed by atoms with van der Waals surface area (Å²) in [6.45, 7) is 0.272. The fourth-order valence-electron chi connectivity index (χ4n) is 3.23. The zero-order valence-electron chi connectivity index (χ0n) is 15.4. The van der Waals surface area contributed by atoms with Gasteiger partial charge in [-0.1, -0.05) is 16.8 Å². The van der Waals surface area contributed by atoms with Gasteiger partial charge in [-0.2, -0.15) is 4.98 Å². The molecule has 8 heteroatoms. The monoisotopic (exact) mass is 400 g/mol. The van der Waals surface area contributed by atoms with Gasteiger partial charge in [0.2, 0.25) is 5.91 Å². The molecule has 1 amide bonds. The van der Waals surface area contributed by atoms with Gasteiger partial charge in [-0.05, 0) is 42.5 Å². The second-order valence-electron chi connectivity index (χ2n) is 6.90. The Hall–Kier alpha value is -2.93. The number of carbonyl (C=O) groups excluding carboxylic acids is 1. The Morgan fingerprint density at radius 2 is 1.96 bits per heavy atom. The van der Waals surface area contributed by atoms with Crippen molar-refractivity contribution in [2.75, 3.05) is 30.4 Å². The Morgan fingerprint density at radius 1 is 1.21 bits per heavy atom. The number of aromatic nitrogens is 2. The molecule has 1 aromatic heterocycles. The van der Waals surface area contributed by atoms with Crippen molar-refractivity contribution in [1.82, 2.24) is 10.1 Å². The highest BCUT2D eigenvalue weighted by atomic mass is 35.5. The van der Waals surface area contributed by atoms with Crippen LogP contribution in [0.2, 0.25) is 5.02 Å². The number of anilines is 2. The van der Waals surface area contributed by atoms with Gasteiger partial charge in [0.25, 0.3) is 5.89 Å². The van der Waals surface area contributed by atoms with Crippen molar-refractivity contribution in [1.29, 1.82) is 0 Å². The SMILES string of the molecule is CN(C)c1ccc(-c2nc(C3CC(=O)N(c4cc(Cl)ccc4F)C3)no2)cc1. The molecule has 0 aliphatic carbocycles. The minimum Gasteiger partial charge on any atom is -0.378 e. The summed E-state index contributed by atoms with van der Waals surface area (Å²) in [4.78, 5) is 20.3. The summed E-state index contributed by atoms with van der Waals surface area (Å²) in [5.41, 5.74) is 2.03. The molecule has 1 saturated heterocycles. The number of hydrogen-bond donors (Lipinski definition) is 0. The topological polar surface area (TPSA) is 62.5 Å². The molecule has 4 rings (SSSR count). The maximum Gasteiger partial charge on any atom is 0.257 e. The fraction of sp³-hybridized carbons (Fsp3) is 0.250. The van der Waals surface area contributed by atoms with Gasteiger partial charge < -0.3 is 14.3 Å². The lowest BCUT2D eigenvalue weighted by Crippen LogP contribution is -2.25. The molecule has 0 spiro atoms. The molecule has 0 bridgehead atoms. The Balaban J connectivity index is 1.55. The number of carbonyl (C=O) groups is 1.